The first kappa shape index (κ1) is 12.3. The average molecular weight is 204 g/mol. The number of aliphatic hydroxyl groups excluding tert-OH is 1. The van der Waals surface area contributed by atoms with Gasteiger partial charge in [0.05, 0.1) is 29.3 Å². The van der Waals surface area contributed by atoms with Gasteiger partial charge in [-0.15, -0.1) is 0 Å². The van der Waals surface area contributed by atoms with E-state index in [0.29, 0.717) is 10.9 Å². The van der Waals surface area contributed by atoms with E-state index in [2.05, 4.69) is 4.98 Å². The van der Waals surface area contributed by atoms with Crippen molar-refractivity contribution in [3.63, 3.8) is 0 Å². The first-order valence-corrected chi connectivity index (χ1v) is 5.67. The van der Waals surface area contributed by atoms with Crippen LogP contribution < -0.4 is 0 Å². The van der Waals surface area contributed by atoms with Crippen molar-refractivity contribution in [2.45, 2.75) is 25.6 Å². The lowest BCUT2D eigenvalue weighted by atomic mass is 10.5. The Bertz CT molecular complexity index is 284. The molecule has 0 aromatic carbocycles. The highest BCUT2D eigenvalue weighted by Crippen LogP contribution is 2.05. The number of aromatic nitrogens is 2. The van der Waals surface area contributed by atoms with Crippen LogP contribution in [0.2, 0.25) is 0 Å². The Morgan fingerprint density at radius 2 is 2.15 bits per heavy atom. The Balaban J connectivity index is 0.000000671. The summed E-state index contributed by atoms with van der Waals surface area (Å²) in [4.78, 5) is 3.89. The maximum Gasteiger partial charge on any atom is 0.198 e. The molecule has 1 atom stereocenters. The fourth-order valence-corrected chi connectivity index (χ4v) is 1.54. The van der Waals surface area contributed by atoms with Gasteiger partial charge in [0.1, 0.15) is 0 Å². The highest BCUT2D eigenvalue weighted by atomic mass is 32.2. The van der Waals surface area contributed by atoms with Gasteiger partial charge in [-0.1, -0.05) is 13.8 Å². The van der Waals surface area contributed by atoms with Crippen LogP contribution in [0.1, 0.15) is 19.5 Å². The Labute approximate surface area is 81.1 Å². The highest BCUT2D eigenvalue weighted by molar-refractivity contribution is 7.84. The molecule has 13 heavy (non-hydrogen) atoms. The average Bonchev–Trinajstić information content (AvgIpc) is 2.50. The lowest BCUT2D eigenvalue weighted by Crippen LogP contribution is -2.02. The zero-order chi connectivity index (χ0) is 10.4. The summed E-state index contributed by atoms with van der Waals surface area (Å²) < 4.78 is 12.6. The number of imidazole rings is 1. The molecule has 0 aliphatic heterocycles. The van der Waals surface area contributed by atoms with E-state index < -0.39 is 10.8 Å². The molecule has 0 radical (unpaired) electrons. The lowest BCUT2D eigenvalue weighted by molar-refractivity contribution is 0.271. The minimum atomic E-state index is -1.08. The topological polar surface area (TPSA) is 55.1 Å². The number of hydrogen-bond donors (Lipinski definition) is 1. The van der Waals surface area contributed by atoms with Crippen LogP contribution in [0.15, 0.2) is 11.4 Å². The Morgan fingerprint density at radius 1 is 1.62 bits per heavy atom. The lowest BCUT2D eigenvalue weighted by Gasteiger charge is -1.99. The summed E-state index contributed by atoms with van der Waals surface area (Å²) in [6.07, 6.45) is 3.08. The van der Waals surface area contributed by atoms with Crippen LogP contribution in [0.25, 0.3) is 0 Å². The fraction of sp³-hybridized carbons (Fsp3) is 0.625. The zero-order valence-corrected chi connectivity index (χ0v) is 9.26. The van der Waals surface area contributed by atoms with Gasteiger partial charge in [0, 0.05) is 13.3 Å². The molecule has 1 aromatic rings. The van der Waals surface area contributed by atoms with Crippen molar-refractivity contribution in [2.75, 3.05) is 6.26 Å². The Kier molecular flexibility index (Phi) is 5.57. The number of rotatable bonds is 2. The third-order valence-electron chi connectivity index (χ3n) is 1.46. The molecule has 0 saturated carbocycles. The molecule has 0 aliphatic carbocycles. The third-order valence-corrected chi connectivity index (χ3v) is 2.35. The minimum Gasteiger partial charge on any atom is -0.390 e. The maximum absolute atomic E-state index is 10.9. The summed E-state index contributed by atoms with van der Waals surface area (Å²) in [5.74, 6) is 0. The van der Waals surface area contributed by atoms with Gasteiger partial charge in [0.15, 0.2) is 5.16 Å². The van der Waals surface area contributed by atoms with Crippen LogP contribution in [0, 0.1) is 0 Å². The molecular weight excluding hydrogens is 188 g/mol. The van der Waals surface area contributed by atoms with E-state index in [-0.39, 0.29) is 6.61 Å². The van der Waals surface area contributed by atoms with Crippen molar-refractivity contribution < 1.29 is 9.32 Å². The predicted molar refractivity (Wildman–Crippen MR) is 52.8 cm³/mol. The molecule has 76 valence electrons. The number of nitrogens with zero attached hydrogens (tertiary/aromatic N) is 2. The van der Waals surface area contributed by atoms with E-state index >= 15 is 0 Å². The molecule has 0 spiro atoms. The highest BCUT2D eigenvalue weighted by Gasteiger charge is 2.07. The van der Waals surface area contributed by atoms with Gasteiger partial charge in [-0.2, -0.15) is 0 Å². The predicted octanol–water partition coefficient (Wildman–Crippen LogP) is 0.676. The largest absolute Gasteiger partial charge is 0.390 e. The molecule has 0 aliphatic rings. The normalized spacial score (nSPS) is 11.8. The zero-order valence-electron chi connectivity index (χ0n) is 8.44. The van der Waals surface area contributed by atoms with Crippen LogP contribution in [-0.4, -0.2) is 25.1 Å². The molecule has 1 heterocycles. The summed E-state index contributed by atoms with van der Waals surface area (Å²) in [5.41, 5.74) is 0.676. The van der Waals surface area contributed by atoms with Gasteiger partial charge < -0.3 is 9.67 Å². The number of aliphatic hydroxyl groups is 1. The van der Waals surface area contributed by atoms with Gasteiger partial charge in [0.2, 0.25) is 0 Å². The maximum atomic E-state index is 10.9. The van der Waals surface area contributed by atoms with Crippen molar-refractivity contribution >= 4 is 10.8 Å². The summed E-state index contributed by atoms with van der Waals surface area (Å²) in [5, 5.41) is 9.25. The molecule has 0 fully saturated rings. The molecule has 4 nitrogen and oxygen atoms in total. The van der Waals surface area contributed by atoms with Gasteiger partial charge in [-0.3, -0.25) is 4.21 Å². The molecule has 0 saturated heterocycles. The SMILES string of the molecule is CC.Cn1c(CO)cnc1S(C)=O. The van der Waals surface area contributed by atoms with E-state index in [9.17, 15) is 4.21 Å². The molecule has 0 bridgehead atoms. The fourth-order valence-electron chi connectivity index (χ4n) is 0.840. The summed E-state index contributed by atoms with van der Waals surface area (Å²) in [7, 11) is 0.651. The van der Waals surface area contributed by atoms with Crippen molar-refractivity contribution in [1.29, 1.82) is 0 Å². The Hall–Kier alpha value is -0.680. The molecular formula is C8H16N2O2S. The van der Waals surface area contributed by atoms with Crippen LogP contribution in [-0.2, 0) is 24.5 Å². The van der Waals surface area contributed by atoms with E-state index in [1.807, 2.05) is 13.8 Å². The molecule has 0 amide bonds. The Morgan fingerprint density at radius 3 is 2.38 bits per heavy atom. The van der Waals surface area contributed by atoms with E-state index in [4.69, 9.17) is 5.11 Å². The molecule has 5 heteroatoms. The van der Waals surface area contributed by atoms with Crippen LogP contribution in [0.5, 0.6) is 0 Å². The van der Waals surface area contributed by atoms with Crippen molar-refractivity contribution in [3.05, 3.63) is 11.9 Å². The summed E-state index contributed by atoms with van der Waals surface area (Å²) >= 11 is 0. The van der Waals surface area contributed by atoms with Gasteiger partial charge >= 0.3 is 0 Å². The molecule has 1 unspecified atom stereocenters. The third kappa shape index (κ3) is 2.93. The first-order valence-electron chi connectivity index (χ1n) is 4.11. The standard InChI is InChI=1S/C6H10N2O2S.C2H6/c1-8-5(4-9)3-7-6(8)11(2)10;1-2/h3,9H,4H2,1-2H3;1-2H3. The van der Waals surface area contributed by atoms with E-state index in [1.54, 1.807) is 17.9 Å². The van der Waals surface area contributed by atoms with E-state index in [0.717, 1.165) is 0 Å². The van der Waals surface area contributed by atoms with Crippen molar-refractivity contribution in [1.82, 2.24) is 9.55 Å². The van der Waals surface area contributed by atoms with Crippen LogP contribution in [0.3, 0.4) is 0 Å². The van der Waals surface area contributed by atoms with Gasteiger partial charge in [0.25, 0.3) is 0 Å². The van der Waals surface area contributed by atoms with Crippen LogP contribution in [0.4, 0.5) is 0 Å². The second-order valence-corrected chi connectivity index (χ2v) is 3.48. The second kappa shape index (κ2) is 5.88. The first-order chi connectivity index (χ1) is 6.16. The molecule has 1 aromatic heterocycles. The van der Waals surface area contributed by atoms with Crippen molar-refractivity contribution in [2.24, 2.45) is 7.05 Å². The summed E-state index contributed by atoms with van der Waals surface area (Å²) in [6, 6.07) is 0. The number of hydrogen-bond acceptors (Lipinski definition) is 3. The monoisotopic (exact) mass is 204 g/mol. The van der Waals surface area contributed by atoms with Crippen LogP contribution >= 0.6 is 0 Å². The summed E-state index contributed by atoms with van der Waals surface area (Å²) in [6.45, 7) is 3.93. The molecule has 1 rings (SSSR count). The minimum absolute atomic E-state index is 0.0688. The van der Waals surface area contributed by atoms with Gasteiger partial charge in [-0.05, 0) is 0 Å². The smallest absolute Gasteiger partial charge is 0.198 e. The quantitative estimate of drug-likeness (QED) is 0.770. The van der Waals surface area contributed by atoms with Crippen molar-refractivity contribution in [3.8, 4) is 0 Å². The molecule has 1 N–H and O–H groups in total. The van der Waals surface area contributed by atoms with Gasteiger partial charge in [-0.25, -0.2) is 4.98 Å². The second-order valence-electron chi connectivity index (χ2n) is 2.20. The van der Waals surface area contributed by atoms with E-state index in [1.165, 1.54) is 6.20 Å².